The van der Waals surface area contributed by atoms with Crippen molar-refractivity contribution in [3.63, 3.8) is 0 Å². The number of benzene rings is 13. The van der Waals surface area contributed by atoms with Crippen molar-refractivity contribution in [2.75, 3.05) is 9.80 Å². The third-order valence-corrected chi connectivity index (χ3v) is 23.2. The van der Waals surface area contributed by atoms with E-state index in [0.717, 1.165) is 122 Å². The molecule has 558 valence electrons. The van der Waals surface area contributed by atoms with Crippen LogP contribution in [0.3, 0.4) is 0 Å². The Balaban J connectivity index is 1.13. The Morgan fingerprint density at radius 1 is 0.274 bits per heavy atom. The van der Waals surface area contributed by atoms with Gasteiger partial charge < -0.3 is 18.9 Å². The van der Waals surface area contributed by atoms with E-state index in [4.69, 9.17) is 6.35 Å². The molecule has 18 rings (SSSR count). The topological polar surface area (TPSA) is 29.2 Å². The molecule has 5 heterocycles. The van der Waals surface area contributed by atoms with E-state index >= 15 is 0 Å². The molecule has 0 radical (unpaired) electrons. The molecule has 5 nitrogen and oxygen atoms in total. The van der Waals surface area contributed by atoms with Crippen LogP contribution in [0.25, 0.3) is 111 Å². The van der Waals surface area contributed by atoms with Gasteiger partial charge in [0.2, 0.25) is 0 Å². The minimum absolute atomic E-state index is 0.0116. The summed E-state index contributed by atoms with van der Waals surface area (Å²) < 4.78 is 130. The van der Waals surface area contributed by atoms with Crippen molar-refractivity contribution in [3.8, 4) is 67.0 Å². The van der Waals surface area contributed by atoms with Gasteiger partial charge in [0.25, 0.3) is 6.71 Å². The van der Waals surface area contributed by atoms with Gasteiger partial charge in [-0.25, -0.2) is 0 Å². The van der Waals surface area contributed by atoms with Crippen molar-refractivity contribution < 1.29 is 17.8 Å². The van der Waals surface area contributed by atoms with E-state index in [1.165, 1.54) is 11.1 Å². The van der Waals surface area contributed by atoms with E-state index in [0.29, 0.717) is 28.3 Å². The van der Waals surface area contributed by atoms with Gasteiger partial charge in [-0.3, -0.25) is 4.98 Å². The summed E-state index contributed by atoms with van der Waals surface area (Å²) in [6.45, 7) is 39.2. The predicted molar refractivity (Wildman–Crippen MR) is 486 cm³/mol. The fourth-order valence-electron chi connectivity index (χ4n) is 17.0. The monoisotopic (exact) mass is 1480 g/mol. The molecule has 2 aliphatic rings. The minimum atomic E-state index is -0.771. The SMILES string of the molecule is [2H]c1c([2H])c([2H])c(-c2ccc3c(c2)N(c2c(-c4ccccc4)cc(C(C)(C)C)cc2-c2ccccc2)c2cc(-n4c5c([2H])c([2H])c([2H])c([2H])c5c5c([2H])c([2H])c([2H])c([2H])c54)cc4c2B3c2ccc(-n3c5ccc(C(C)(C)C)cc5c5cc(C(C)(C)C)ccc53)cc2N4c2c(-c3ccccc3)cc(C(C)(C)C)cc2-c2cc(C(C)(C)C)nc(C(C)(C)C)c2)c([2H])c1[2H]. The molecule has 0 N–H and O–H groups in total. The molecule has 16 aromatic rings. The van der Waals surface area contributed by atoms with Crippen LogP contribution in [0, 0.1) is 0 Å². The van der Waals surface area contributed by atoms with Crippen molar-refractivity contribution in [1.29, 1.82) is 0 Å². The summed E-state index contributed by atoms with van der Waals surface area (Å²) in [5.74, 6) is 0. The van der Waals surface area contributed by atoms with Gasteiger partial charge in [-0.1, -0.05) is 312 Å². The number of fused-ring (bicyclic) bond motifs is 10. The number of aromatic nitrogens is 3. The van der Waals surface area contributed by atoms with Crippen LogP contribution in [0.2, 0.25) is 0 Å². The first-order valence-electron chi connectivity index (χ1n) is 46.0. The second-order valence-electron chi connectivity index (χ2n) is 37.2. The Kier molecular flexibility index (Phi) is 13.8. The maximum atomic E-state index is 10.4. The van der Waals surface area contributed by atoms with Crippen molar-refractivity contribution in [2.45, 2.75) is 157 Å². The van der Waals surface area contributed by atoms with Gasteiger partial charge in [0, 0.05) is 94.5 Å². The number of pyridine rings is 1. The molecule has 0 saturated carbocycles. The highest BCUT2D eigenvalue weighted by Gasteiger charge is 2.47. The van der Waals surface area contributed by atoms with Crippen LogP contribution >= 0.6 is 0 Å². The number of para-hydroxylation sites is 2. The standard InChI is InChI=1S/C107H102BN5/c1-102(2,3)73-48-53-91-85(58-73)86-59-74(103(4,5)6)49-54-92(86)110(91)77-50-52-88-94(64-77)113(101-83(70-41-29-22-30-42-70)62-76(105(10,11)12)63-84(101)72-56-97(106(13,14)15)109-98(57-72)107(16,17)18)96-66-78(111-89-45-33-31-43-79(89)80-44-32-34-46-90(80)111)65-95-99(96)108(88)87-51-47-71(67-35-23-19-24-36-67)55-93(87)112(95)100-81(68-37-25-20-26-38-68)60-75(104(7,8)9)61-82(100)69-39-27-21-28-40-69/h19-66H,1-18H3/i19D,23D,24D,31D,32D,33D,34D,35D,36D,43D,44D,45D,46D. The molecule has 0 aliphatic carbocycles. The van der Waals surface area contributed by atoms with Gasteiger partial charge in [-0.15, -0.1) is 0 Å². The molecular formula is C107H102BN5. The average Bonchev–Trinajstić information content (AvgIpc) is 0.911. The van der Waals surface area contributed by atoms with Crippen LogP contribution in [-0.2, 0) is 32.5 Å². The molecule has 3 aromatic heterocycles. The molecular weight excluding hydrogens is 1370 g/mol. The molecule has 2 aliphatic heterocycles. The first-order valence-corrected chi connectivity index (χ1v) is 39.5. The van der Waals surface area contributed by atoms with Crippen LogP contribution in [-0.4, -0.2) is 20.8 Å². The highest BCUT2D eigenvalue weighted by molar-refractivity contribution is 7.00. The lowest BCUT2D eigenvalue weighted by Gasteiger charge is -2.46. The number of hydrogen-bond donors (Lipinski definition) is 0. The molecule has 13 aromatic carbocycles. The highest BCUT2D eigenvalue weighted by atomic mass is 15.2. The third kappa shape index (κ3) is 12.5. The van der Waals surface area contributed by atoms with Crippen LogP contribution in [0.1, 0.15) is 176 Å². The summed E-state index contributed by atoms with van der Waals surface area (Å²) in [7, 11) is 0. The first kappa shape index (κ1) is 59.1. The second-order valence-corrected chi connectivity index (χ2v) is 37.2. The molecule has 6 heteroatoms. The smallest absolute Gasteiger partial charge is 0.252 e. The molecule has 0 bridgehead atoms. The van der Waals surface area contributed by atoms with E-state index in [2.05, 4.69) is 291 Å². The summed E-state index contributed by atoms with van der Waals surface area (Å²) in [5.41, 5.74) is 20.3. The van der Waals surface area contributed by atoms with Gasteiger partial charge in [0.15, 0.2) is 0 Å². The van der Waals surface area contributed by atoms with Gasteiger partial charge in [-0.2, -0.15) is 0 Å². The molecule has 0 saturated heterocycles. The Morgan fingerprint density at radius 2 is 0.655 bits per heavy atom. The Hall–Kier alpha value is -11.7. The molecule has 113 heavy (non-hydrogen) atoms. The fraction of sp³-hybridized carbons (Fsp3) is 0.224. The zero-order chi connectivity index (χ0) is 90.1. The summed E-state index contributed by atoms with van der Waals surface area (Å²) >= 11 is 0. The fourth-order valence-corrected chi connectivity index (χ4v) is 17.0. The molecule has 0 amide bonds. The van der Waals surface area contributed by atoms with Crippen molar-refractivity contribution in [2.24, 2.45) is 0 Å². The van der Waals surface area contributed by atoms with Gasteiger partial charge in [0.1, 0.15) is 0 Å². The van der Waals surface area contributed by atoms with Crippen LogP contribution in [0.15, 0.2) is 291 Å². The predicted octanol–water partition coefficient (Wildman–Crippen LogP) is 27.5. The summed E-state index contributed by atoms with van der Waals surface area (Å²) in [6, 6.07) is 68.7. The molecule has 0 unspecified atom stereocenters. The number of rotatable bonds is 9. The number of anilines is 6. The zero-order valence-electron chi connectivity index (χ0n) is 81.0. The van der Waals surface area contributed by atoms with Crippen molar-refractivity contribution >= 4 is 101 Å². The van der Waals surface area contributed by atoms with Gasteiger partial charge in [0.05, 0.1) is 56.9 Å². The summed E-state index contributed by atoms with van der Waals surface area (Å²) in [6.07, 6.45) is 0. The molecule has 0 spiro atoms. The summed E-state index contributed by atoms with van der Waals surface area (Å²) in [4.78, 5) is 10.2. The Morgan fingerprint density at radius 3 is 1.08 bits per heavy atom. The average molecular weight is 1480 g/mol. The second kappa shape index (κ2) is 26.5. The third-order valence-electron chi connectivity index (χ3n) is 23.2. The van der Waals surface area contributed by atoms with E-state index in [9.17, 15) is 16.4 Å². The van der Waals surface area contributed by atoms with Crippen molar-refractivity contribution in [3.05, 3.63) is 325 Å². The number of hydrogen-bond acceptors (Lipinski definition) is 3. The van der Waals surface area contributed by atoms with Crippen LogP contribution in [0.4, 0.5) is 34.1 Å². The molecule has 0 atom stereocenters. The van der Waals surface area contributed by atoms with E-state index in [-0.39, 0.29) is 56.0 Å². The zero-order valence-corrected chi connectivity index (χ0v) is 68.0. The van der Waals surface area contributed by atoms with E-state index in [1.807, 2.05) is 60.7 Å². The number of nitrogens with zero attached hydrogens (tertiary/aromatic N) is 5. The lowest BCUT2D eigenvalue weighted by molar-refractivity contribution is 0.531. The van der Waals surface area contributed by atoms with E-state index in [1.54, 1.807) is 4.57 Å². The Bertz CT molecular complexity index is 7040. The van der Waals surface area contributed by atoms with Crippen LogP contribution in [0.5, 0.6) is 0 Å². The summed E-state index contributed by atoms with van der Waals surface area (Å²) in [5, 5.41) is 1.99. The lowest BCUT2D eigenvalue weighted by Crippen LogP contribution is -2.61. The largest absolute Gasteiger partial charge is 0.310 e. The highest BCUT2D eigenvalue weighted by Crippen LogP contribution is 2.56. The van der Waals surface area contributed by atoms with Crippen molar-refractivity contribution in [1.82, 2.24) is 14.1 Å². The van der Waals surface area contributed by atoms with Gasteiger partial charge in [-0.05, 0) is 197 Å². The maximum absolute atomic E-state index is 10.4. The molecule has 0 fully saturated rings. The quantitative estimate of drug-likeness (QED) is 0.135. The van der Waals surface area contributed by atoms with Crippen LogP contribution < -0.4 is 26.2 Å². The van der Waals surface area contributed by atoms with Gasteiger partial charge >= 0.3 is 0 Å². The maximum Gasteiger partial charge on any atom is 0.252 e. The first-order chi connectivity index (χ1) is 59.2. The van der Waals surface area contributed by atoms with E-state index < -0.39 is 94.8 Å². The normalized spacial score (nSPS) is 15.0. The minimum Gasteiger partial charge on any atom is -0.310 e. The lowest BCUT2D eigenvalue weighted by atomic mass is 9.33. The Labute approximate surface area is 687 Å².